The van der Waals surface area contributed by atoms with Gasteiger partial charge in [0.2, 0.25) is 0 Å². The molecule has 0 fully saturated rings. The summed E-state index contributed by atoms with van der Waals surface area (Å²) in [6, 6.07) is 3.93. The summed E-state index contributed by atoms with van der Waals surface area (Å²) in [6.07, 6.45) is 0.176. The molecule has 7 heteroatoms. The van der Waals surface area contributed by atoms with Crippen molar-refractivity contribution in [2.45, 2.75) is 20.3 Å². The molecule has 2 aromatic rings. The Kier molecular flexibility index (Phi) is 5.46. The number of carbonyl (C=O) groups excluding carboxylic acids is 2. The van der Waals surface area contributed by atoms with Crippen LogP contribution in [0.25, 0.3) is 9.88 Å². The van der Waals surface area contributed by atoms with Crippen LogP contribution in [0.1, 0.15) is 28.7 Å². The summed E-state index contributed by atoms with van der Waals surface area (Å²) in [4.78, 5) is 29.4. The van der Waals surface area contributed by atoms with Gasteiger partial charge in [0.15, 0.2) is 0 Å². The molecule has 2 rings (SSSR count). The van der Waals surface area contributed by atoms with Crippen LogP contribution in [0.5, 0.6) is 0 Å². The van der Waals surface area contributed by atoms with Gasteiger partial charge in [-0.15, -0.1) is 22.7 Å². The third-order valence-electron chi connectivity index (χ3n) is 2.65. The number of rotatable bonds is 6. The Morgan fingerprint density at radius 3 is 2.90 bits per heavy atom. The lowest BCUT2D eigenvalue weighted by atomic mass is 10.3. The van der Waals surface area contributed by atoms with E-state index in [9.17, 15) is 9.59 Å². The van der Waals surface area contributed by atoms with Gasteiger partial charge in [0.25, 0.3) is 5.91 Å². The maximum Gasteiger partial charge on any atom is 0.307 e. The van der Waals surface area contributed by atoms with Crippen LogP contribution in [0.3, 0.4) is 0 Å². The number of esters is 1. The van der Waals surface area contributed by atoms with Crippen LogP contribution in [0, 0.1) is 6.92 Å². The van der Waals surface area contributed by atoms with Crippen LogP contribution in [0.2, 0.25) is 0 Å². The van der Waals surface area contributed by atoms with Crippen molar-refractivity contribution >= 4 is 34.6 Å². The molecule has 0 radical (unpaired) electrons. The molecule has 0 aliphatic heterocycles. The maximum atomic E-state index is 12.1. The van der Waals surface area contributed by atoms with Crippen molar-refractivity contribution in [1.29, 1.82) is 0 Å². The number of nitrogens with one attached hydrogen (secondary N) is 1. The number of thiazole rings is 1. The van der Waals surface area contributed by atoms with E-state index in [4.69, 9.17) is 4.74 Å². The highest BCUT2D eigenvalue weighted by molar-refractivity contribution is 7.22. The van der Waals surface area contributed by atoms with Crippen molar-refractivity contribution in [3.63, 3.8) is 0 Å². The molecule has 0 aliphatic rings. The van der Waals surface area contributed by atoms with E-state index >= 15 is 0 Å². The normalized spacial score (nSPS) is 10.4. The lowest BCUT2D eigenvalue weighted by Gasteiger charge is -2.03. The average molecular weight is 324 g/mol. The van der Waals surface area contributed by atoms with Crippen LogP contribution in [0.15, 0.2) is 17.5 Å². The molecule has 21 heavy (non-hydrogen) atoms. The van der Waals surface area contributed by atoms with Crippen molar-refractivity contribution in [2.75, 3.05) is 13.2 Å². The van der Waals surface area contributed by atoms with Crippen molar-refractivity contribution in [3.05, 3.63) is 28.1 Å². The van der Waals surface area contributed by atoms with Crippen molar-refractivity contribution in [1.82, 2.24) is 10.3 Å². The first-order valence-electron chi connectivity index (χ1n) is 6.57. The highest BCUT2D eigenvalue weighted by Crippen LogP contribution is 2.30. The standard InChI is InChI=1S/C14H16N2O3S2/c1-3-19-11(17)6-7-15-13(18)12-9(2)16-14(21-12)10-5-4-8-20-10/h4-5,8H,3,6-7H2,1-2H3,(H,15,18). The number of amides is 1. The zero-order chi connectivity index (χ0) is 15.2. The van der Waals surface area contributed by atoms with E-state index in [1.165, 1.54) is 11.3 Å². The maximum absolute atomic E-state index is 12.1. The Balaban J connectivity index is 1.95. The second kappa shape index (κ2) is 7.33. The van der Waals surface area contributed by atoms with Gasteiger partial charge < -0.3 is 10.1 Å². The molecule has 1 N–H and O–H groups in total. The van der Waals surface area contributed by atoms with Crippen LogP contribution in [-0.4, -0.2) is 30.0 Å². The number of hydrogen-bond donors (Lipinski definition) is 1. The van der Waals surface area contributed by atoms with E-state index in [0.29, 0.717) is 17.2 Å². The van der Waals surface area contributed by atoms with Crippen molar-refractivity contribution in [2.24, 2.45) is 0 Å². The molecule has 0 saturated heterocycles. The number of hydrogen-bond acceptors (Lipinski definition) is 6. The number of carbonyl (C=O) groups is 2. The fourth-order valence-electron chi connectivity index (χ4n) is 1.70. The van der Waals surface area contributed by atoms with Crippen LogP contribution >= 0.6 is 22.7 Å². The summed E-state index contributed by atoms with van der Waals surface area (Å²) in [5, 5.41) is 5.54. The third kappa shape index (κ3) is 4.12. The van der Waals surface area contributed by atoms with E-state index in [1.54, 1.807) is 18.3 Å². The summed E-state index contributed by atoms with van der Waals surface area (Å²) >= 11 is 2.96. The predicted molar refractivity (Wildman–Crippen MR) is 83.7 cm³/mol. The summed E-state index contributed by atoms with van der Waals surface area (Å²) in [5.41, 5.74) is 0.706. The van der Waals surface area contributed by atoms with E-state index in [-0.39, 0.29) is 24.8 Å². The Bertz CT molecular complexity index is 620. The fraction of sp³-hybridized carbons (Fsp3) is 0.357. The number of aryl methyl sites for hydroxylation is 1. The van der Waals surface area contributed by atoms with Gasteiger partial charge in [-0.3, -0.25) is 9.59 Å². The molecule has 0 aromatic carbocycles. The smallest absolute Gasteiger partial charge is 0.307 e. The number of ether oxygens (including phenoxy) is 1. The van der Waals surface area contributed by atoms with Gasteiger partial charge in [0.05, 0.1) is 23.6 Å². The highest BCUT2D eigenvalue weighted by Gasteiger charge is 2.16. The molecule has 0 unspecified atom stereocenters. The van der Waals surface area contributed by atoms with E-state index in [1.807, 2.05) is 24.4 Å². The van der Waals surface area contributed by atoms with Gasteiger partial charge in [0.1, 0.15) is 9.88 Å². The Morgan fingerprint density at radius 2 is 2.24 bits per heavy atom. The third-order valence-corrected chi connectivity index (χ3v) is 4.85. The second-order valence-corrected chi connectivity index (χ2v) is 6.17. The van der Waals surface area contributed by atoms with Gasteiger partial charge in [-0.05, 0) is 25.3 Å². The van der Waals surface area contributed by atoms with Crippen molar-refractivity contribution in [3.8, 4) is 9.88 Å². The molecule has 0 saturated carbocycles. The van der Waals surface area contributed by atoms with E-state index in [0.717, 1.165) is 9.88 Å². The minimum absolute atomic E-state index is 0.176. The Morgan fingerprint density at radius 1 is 1.43 bits per heavy atom. The molecule has 0 bridgehead atoms. The molecular formula is C14H16N2O3S2. The Hall–Kier alpha value is -1.73. The Labute approximate surface area is 131 Å². The molecule has 2 aromatic heterocycles. The van der Waals surface area contributed by atoms with Crippen molar-refractivity contribution < 1.29 is 14.3 Å². The topological polar surface area (TPSA) is 68.3 Å². The predicted octanol–water partition coefficient (Wildman–Crippen LogP) is 2.86. The number of thiophene rings is 1. The van der Waals surface area contributed by atoms with E-state index in [2.05, 4.69) is 10.3 Å². The lowest BCUT2D eigenvalue weighted by molar-refractivity contribution is -0.142. The largest absolute Gasteiger partial charge is 0.466 e. The quantitative estimate of drug-likeness (QED) is 0.830. The minimum atomic E-state index is -0.307. The van der Waals surface area contributed by atoms with Gasteiger partial charge in [-0.25, -0.2) is 4.98 Å². The molecule has 0 aliphatic carbocycles. The van der Waals surface area contributed by atoms with Crippen LogP contribution in [-0.2, 0) is 9.53 Å². The van der Waals surface area contributed by atoms with E-state index < -0.39 is 0 Å². The lowest BCUT2D eigenvalue weighted by Crippen LogP contribution is -2.26. The second-order valence-electron chi connectivity index (χ2n) is 4.22. The molecule has 0 spiro atoms. The first-order valence-corrected chi connectivity index (χ1v) is 8.26. The zero-order valence-electron chi connectivity index (χ0n) is 11.8. The molecule has 2 heterocycles. The molecule has 5 nitrogen and oxygen atoms in total. The minimum Gasteiger partial charge on any atom is -0.466 e. The summed E-state index contributed by atoms with van der Waals surface area (Å²) in [7, 11) is 0. The molecule has 112 valence electrons. The highest BCUT2D eigenvalue weighted by atomic mass is 32.1. The number of aromatic nitrogens is 1. The summed E-state index contributed by atoms with van der Waals surface area (Å²) in [5.74, 6) is -0.504. The molecular weight excluding hydrogens is 308 g/mol. The monoisotopic (exact) mass is 324 g/mol. The molecule has 0 atom stereocenters. The van der Waals surface area contributed by atoms with Gasteiger partial charge in [0, 0.05) is 6.54 Å². The van der Waals surface area contributed by atoms with Crippen LogP contribution < -0.4 is 5.32 Å². The fourth-order valence-corrected chi connectivity index (χ4v) is 3.48. The first-order chi connectivity index (χ1) is 10.1. The average Bonchev–Trinajstić information content (AvgIpc) is 3.07. The summed E-state index contributed by atoms with van der Waals surface area (Å²) < 4.78 is 4.81. The molecule has 1 amide bonds. The van der Waals surface area contributed by atoms with Crippen LogP contribution in [0.4, 0.5) is 0 Å². The first kappa shape index (κ1) is 15.7. The van der Waals surface area contributed by atoms with Gasteiger partial charge in [-0.1, -0.05) is 6.07 Å². The van der Waals surface area contributed by atoms with Gasteiger partial charge in [-0.2, -0.15) is 0 Å². The van der Waals surface area contributed by atoms with Gasteiger partial charge >= 0.3 is 5.97 Å². The number of nitrogens with zero attached hydrogens (tertiary/aromatic N) is 1. The zero-order valence-corrected chi connectivity index (χ0v) is 13.5. The SMILES string of the molecule is CCOC(=O)CCNC(=O)c1sc(-c2cccs2)nc1C. The summed E-state index contributed by atoms with van der Waals surface area (Å²) in [6.45, 7) is 4.19.